The summed E-state index contributed by atoms with van der Waals surface area (Å²) in [6.07, 6.45) is 0.611. The molecule has 0 aliphatic carbocycles. The van der Waals surface area contributed by atoms with E-state index in [0.717, 1.165) is 22.2 Å². The van der Waals surface area contributed by atoms with Gasteiger partial charge >= 0.3 is 5.97 Å². The summed E-state index contributed by atoms with van der Waals surface area (Å²) in [5.41, 5.74) is 3.60. The number of aromatic carboxylic acids is 1. The summed E-state index contributed by atoms with van der Waals surface area (Å²) < 4.78 is 13.8. The Morgan fingerprint density at radius 1 is 1.17 bits per heavy atom. The third kappa shape index (κ3) is 2.15. The molecule has 120 valence electrons. The molecule has 0 bridgehead atoms. The number of aromatic amines is 1. The highest BCUT2D eigenvalue weighted by atomic mass is 19.1. The van der Waals surface area contributed by atoms with Gasteiger partial charge in [0.25, 0.3) is 5.91 Å². The number of hydrogen-bond acceptors (Lipinski definition) is 2. The van der Waals surface area contributed by atoms with Crippen LogP contribution in [0.4, 0.5) is 4.39 Å². The van der Waals surface area contributed by atoms with E-state index in [1.165, 1.54) is 24.3 Å². The second-order valence-corrected chi connectivity index (χ2v) is 5.74. The van der Waals surface area contributed by atoms with Crippen LogP contribution in [0.25, 0.3) is 22.2 Å². The van der Waals surface area contributed by atoms with Gasteiger partial charge in [-0.15, -0.1) is 0 Å². The zero-order valence-corrected chi connectivity index (χ0v) is 12.5. The molecule has 24 heavy (non-hydrogen) atoms. The van der Waals surface area contributed by atoms with Crippen LogP contribution in [0.3, 0.4) is 0 Å². The number of halogens is 1. The van der Waals surface area contributed by atoms with Crippen LogP contribution in [0, 0.1) is 5.82 Å². The van der Waals surface area contributed by atoms with Crippen molar-refractivity contribution in [2.75, 3.05) is 6.54 Å². The van der Waals surface area contributed by atoms with Crippen molar-refractivity contribution in [1.82, 2.24) is 10.3 Å². The van der Waals surface area contributed by atoms with E-state index in [1.807, 2.05) is 0 Å². The van der Waals surface area contributed by atoms with Crippen LogP contribution in [0.1, 0.15) is 26.3 Å². The van der Waals surface area contributed by atoms with Crippen molar-refractivity contribution in [3.8, 4) is 11.3 Å². The predicted molar refractivity (Wildman–Crippen MR) is 86.7 cm³/mol. The molecular formula is C18H13FN2O3. The summed E-state index contributed by atoms with van der Waals surface area (Å²) in [6, 6.07) is 9.09. The van der Waals surface area contributed by atoms with Crippen LogP contribution < -0.4 is 5.32 Å². The highest BCUT2D eigenvalue weighted by molar-refractivity contribution is 6.10. The van der Waals surface area contributed by atoms with E-state index in [4.69, 9.17) is 5.11 Å². The van der Waals surface area contributed by atoms with Crippen molar-refractivity contribution in [2.45, 2.75) is 6.42 Å². The number of aromatic nitrogens is 1. The SMILES string of the molecule is O=C(O)c1ccc(-c2[nH]c3cc(F)cc4c3c2CCNC4=O)cc1. The fraction of sp³-hybridized carbons (Fsp3) is 0.111. The Morgan fingerprint density at radius 2 is 1.92 bits per heavy atom. The number of carboxylic acid groups (broad SMARTS) is 1. The average molecular weight is 324 g/mol. The molecule has 1 aromatic heterocycles. The van der Waals surface area contributed by atoms with Crippen molar-refractivity contribution in [2.24, 2.45) is 0 Å². The minimum atomic E-state index is -0.990. The van der Waals surface area contributed by atoms with Crippen LogP contribution in [0.2, 0.25) is 0 Å². The van der Waals surface area contributed by atoms with Gasteiger partial charge in [0.2, 0.25) is 0 Å². The van der Waals surface area contributed by atoms with E-state index in [2.05, 4.69) is 10.3 Å². The minimum absolute atomic E-state index is 0.198. The molecule has 0 atom stereocenters. The molecule has 0 saturated heterocycles. The second-order valence-electron chi connectivity index (χ2n) is 5.74. The predicted octanol–water partition coefficient (Wildman–Crippen LogP) is 2.96. The van der Waals surface area contributed by atoms with Crippen molar-refractivity contribution in [3.05, 3.63) is 58.9 Å². The molecule has 5 nitrogen and oxygen atoms in total. The zero-order chi connectivity index (χ0) is 16.8. The maximum absolute atomic E-state index is 13.8. The van der Waals surface area contributed by atoms with Gasteiger partial charge in [0.15, 0.2) is 0 Å². The fourth-order valence-electron chi connectivity index (χ4n) is 3.22. The lowest BCUT2D eigenvalue weighted by atomic mass is 9.99. The van der Waals surface area contributed by atoms with E-state index in [1.54, 1.807) is 12.1 Å². The number of benzene rings is 2. The maximum atomic E-state index is 13.8. The molecule has 1 aliphatic heterocycles. The van der Waals surface area contributed by atoms with Gasteiger partial charge < -0.3 is 15.4 Å². The fourth-order valence-corrected chi connectivity index (χ4v) is 3.22. The summed E-state index contributed by atoms with van der Waals surface area (Å²) in [5.74, 6) is -1.75. The van der Waals surface area contributed by atoms with Gasteiger partial charge in [0.05, 0.1) is 11.1 Å². The van der Waals surface area contributed by atoms with Crippen LogP contribution in [-0.4, -0.2) is 28.5 Å². The Morgan fingerprint density at radius 3 is 2.62 bits per heavy atom. The monoisotopic (exact) mass is 324 g/mol. The lowest BCUT2D eigenvalue weighted by Gasteiger charge is -2.04. The summed E-state index contributed by atoms with van der Waals surface area (Å²) in [5, 5.41) is 12.5. The molecule has 2 aromatic carbocycles. The molecule has 0 spiro atoms. The lowest BCUT2D eigenvalue weighted by molar-refractivity contribution is 0.0696. The molecule has 3 aromatic rings. The van der Waals surface area contributed by atoms with Crippen LogP contribution in [0.15, 0.2) is 36.4 Å². The number of amides is 1. The molecular weight excluding hydrogens is 311 g/mol. The summed E-state index contributed by atoms with van der Waals surface area (Å²) in [6.45, 7) is 0.461. The Hall–Kier alpha value is -3.15. The van der Waals surface area contributed by atoms with Crippen molar-refractivity contribution in [1.29, 1.82) is 0 Å². The van der Waals surface area contributed by atoms with E-state index >= 15 is 0 Å². The quantitative estimate of drug-likeness (QED) is 0.678. The summed E-state index contributed by atoms with van der Waals surface area (Å²) in [7, 11) is 0. The Bertz CT molecular complexity index is 990. The highest BCUT2D eigenvalue weighted by Crippen LogP contribution is 2.34. The van der Waals surface area contributed by atoms with Gasteiger partial charge in [0, 0.05) is 23.1 Å². The minimum Gasteiger partial charge on any atom is -0.478 e. The van der Waals surface area contributed by atoms with E-state index in [-0.39, 0.29) is 11.5 Å². The first-order valence-corrected chi connectivity index (χ1v) is 7.50. The highest BCUT2D eigenvalue weighted by Gasteiger charge is 2.23. The van der Waals surface area contributed by atoms with E-state index in [0.29, 0.717) is 24.0 Å². The summed E-state index contributed by atoms with van der Waals surface area (Å²) in [4.78, 5) is 26.3. The first-order chi connectivity index (χ1) is 11.5. The largest absolute Gasteiger partial charge is 0.478 e. The number of carbonyl (C=O) groups excluding carboxylic acids is 1. The van der Waals surface area contributed by atoms with Crippen LogP contribution in [-0.2, 0) is 6.42 Å². The van der Waals surface area contributed by atoms with Crippen molar-refractivity contribution < 1.29 is 19.1 Å². The maximum Gasteiger partial charge on any atom is 0.335 e. The van der Waals surface area contributed by atoms with E-state index in [9.17, 15) is 14.0 Å². The Kier molecular flexibility index (Phi) is 3.13. The van der Waals surface area contributed by atoms with Gasteiger partial charge in [-0.1, -0.05) is 12.1 Å². The number of nitrogens with one attached hydrogen (secondary N) is 2. The Balaban J connectivity index is 1.96. The third-order valence-corrected chi connectivity index (χ3v) is 4.29. The van der Waals surface area contributed by atoms with Gasteiger partial charge in [-0.05, 0) is 41.8 Å². The molecule has 2 heterocycles. The second kappa shape index (κ2) is 5.19. The van der Waals surface area contributed by atoms with Gasteiger partial charge in [-0.25, -0.2) is 9.18 Å². The van der Waals surface area contributed by atoms with Crippen LogP contribution in [0.5, 0.6) is 0 Å². The number of carboxylic acids is 1. The molecule has 0 saturated carbocycles. The van der Waals surface area contributed by atoms with Crippen molar-refractivity contribution >= 4 is 22.8 Å². The molecule has 4 rings (SSSR count). The van der Waals surface area contributed by atoms with Gasteiger partial charge in [-0.2, -0.15) is 0 Å². The average Bonchev–Trinajstić information content (AvgIpc) is 2.83. The number of rotatable bonds is 2. The molecule has 1 aliphatic rings. The molecule has 0 fully saturated rings. The first-order valence-electron chi connectivity index (χ1n) is 7.50. The standard InChI is InChI=1S/C18H13FN2O3/c19-11-7-13-15-12(5-6-20-17(13)22)16(21-14(15)8-11)9-1-3-10(4-2-9)18(23)24/h1-4,7-8,21H,5-6H2,(H,20,22)(H,23,24). The zero-order valence-electron chi connectivity index (χ0n) is 12.5. The molecule has 1 amide bonds. The first kappa shape index (κ1) is 14.4. The van der Waals surface area contributed by atoms with Gasteiger partial charge in [-0.3, -0.25) is 4.79 Å². The normalized spacial score (nSPS) is 13.6. The molecule has 0 unspecified atom stereocenters. The molecule has 6 heteroatoms. The molecule has 0 radical (unpaired) electrons. The van der Waals surface area contributed by atoms with Crippen LogP contribution >= 0.6 is 0 Å². The number of carbonyl (C=O) groups is 2. The Labute approximate surface area is 136 Å². The van der Waals surface area contributed by atoms with Gasteiger partial charge in [0.1, 0.15) is 5.82 Å². The smallest absolute Gasteiger partial charge is 0.335 e. The topological polar surface area (TPSA) is 82.2 Å². The number of H-pyrrole nitrogens is 1. The van der Waals surface area contributed by atoms with Crippen molar-refractivity contribution in [3.63, 3.8) is 0 Å². The third-order valence-electron chi connectivity index (χ3n) is 4.29. The lowest BCUT2D eigenvalue weighted by Crippen LogP contribution is -2.23. The molecule has 3 N–H and O–H groups in total. The summed E-state index contributed by atoms with van der Waals surface area (Å²) >= 11 is 0. The van der Waals surface area contributed by atoms with E-state index < -0.39 is 11.8 Å². The number of hydrogen-bond donors (Lipinski definition) is 3.